The molecule has 2 N–H and O–H groups in total. The molecule has 0 atom stereocenters. The zero-order chi connectivity index (χ0) is 17.3. The van der Waals surface area contributed by atoms with E-state index in [9.17, 15) is 18.0 Å². The maximum Gasteiger partial charge on any atom is 0.418 e. The third-order valence-electron chi connectivity index (χ3n) is 3.32. The van der Waals surface area contributed by atoms with Gasteiger partial charge in [-0.15, -0.1) is 0 Å². The number of nitrogens with one attached hydrogen (secondary N) is 2. The van der Waals surface area contributed by atoms with Gasteiger partial charge in [0, 0.05) is 0 Å². The normalized spacial score (nSPS) is 11.5. The summed E-state index contributed by atoms with van der Waals surface area (Å²) in [5.74, 6) is 0. The van der Waals surface area contributed by atoms with Gasteiger partial charge in [0.2, 0.25) is 0 Å². The van der Waals surface area contributed by atoms with Crippen molar-refractivity contribution in [2.24, 2.45) is 0 Å². The van der Waals surface area contributed by atoms with E-state index in [-0.39, 0.29) is 5.69 Å². The minimum absolute atomic E-state index is 0.306. The van der Waals surface area contributed by atoms with Crippen molar-refractivity contribution in [2.45, 2.75) is 13.1 Å². The summed E-state index contributed by atoms with van der Waals surface area (Å²) in [5, 5.41) is 5.02. The molecule has 0 spiro atoms. The summed E-state index contributed by atoms with van der Waals surface area (Å²) in [6.07, 6.45) is -4.54. The first-order valence-corrected chi connectivity index (χ1v) is 7.76. The van der Waals surface area contributed by atoms with Crippen LogP contribution in [0.15, 0.2) is 42.5 Å². The summed E-state index contributed by atoms with van der Waals surface area (Å²) in [4.78, 5) is 16.3. The van der Waals surface area contributed by atoms with Crippen molar-refractivity contribution in [2.75, 3.05) is 10.6 Å². The number of hydrogen-bond donors (Lipinski definition) is 2. The quantitative estimate of drug-likeness (QED) is 0.661. The number of carbonyl (C=O) groups excluding carboxylic acids is 1. The molecule has 3 aromatic rings. The van der Waals surface area contributed by atoms with Crippen molar-refractivity contribution in [3.63, 3.8) is 0 Å². The van der Waals surface area contributed by atoms with Gasteiger partial charge in [-0.2, -0.15) is 13.2 Å². The van der Waals surface area contributed by atoms with Crippen molar-refractivity contribution in [3.8, 4) is 0 Å². The molecule has 1 aromatic heterocycles. The van der Waals surface area contributed by atoms with Crippen molar-refractivity contribution in [1.82, 2.24) is 4.98 Å². The molecular formula is C16H12F3N3OS. The summed E-state index contributed by atoms with van der Waals surface area (Å²) in [5.41, 5.74) is 0.508. The molecule has 124 valence electrons. The summed E-state index contributed by atoms with van der Waals surface area (Å²) < 4.78 is 39.7. The summed E-state index contributed by atoms with van der Waals surface area (Å²) in [6.45, 7) is 1.89. The van der Waals surface area contributed by atoms with Gasteiger partial charge in [0.25, 0.3) is 0 Å². The Morgan fingerprint density at radius 2 is 1.83 bits per heavy atom. The molecular weight excluding hydrogens is 339 g/mol. The first-order valence-electron chi connectivity index (χ1n) is 6.95. The minimum Gasteiger partial charge on any atom is -0.307 e. The van der Waals surface area contributed by atoms with E-state index in [1.54, 1.807) is 0 Å². The van der Waals surface area contributed by atoms with E-state index in [2.05, 4.69) is 15.6 Å². The fourth-order valence-corrected chi connectivity index (χ4v) is 3.17. The van der Waals surface area contributed by atoms with Gasteiger partial charge in [-0.05, 0) is 30.7 Å². The number of nitrogens with zero attached hydrogens (tertiary/aromatic N) is 1. The number of alkyl halides is 3. The Balaban J connectivity index is 1.80. The average molecular weight is 351 g/mol. The number of halogens is 3. The summed E-state index contributed by atoms with van der Waals surface area (Å²) in [7, 11) is 0. The molecule has 4 nitrogen and oxygen atoms in total. The molecule has 0 fully saturated rings. The number of urea groups is 1. The Hall–Kier alpha value is -2.61. The van der Waals surface area contributed by atoms with Gasteiger partial charge in [0.15, 0.2) is 5.13 Å². The Kier molecular flexibility index (Phi) is 4.15. The van der Waals surface area contributed by atoms with E-state index in [1.807, 2.05) is 25.1 Å². The molecule has 2 amide bonds. The van der Waals surface area contributed by atoms with Crippen LogP contribution in [0.3, 0.4) is 0 Å². The Morgan fingerprint density at radius 3 is 2.54 bits per heavy atom. The molecule has 3 rings (SSSR count). The lowest BCUT2D eigenvalue weighted by molar-refractivity contribution is -0.136. The predicted molar refractivity (Wildman–Crippen MR) is 88.4 cm³/mol. The van der Waals surface area contributed by atoms with Crippen LogP contribution in [0, 0.1) is 6.92 Å². The van der Waals surface area contributed by atoms with E-state index in [0.29, 0.717) is 5.13 Å². The van der Waals surface area contributed by atoms with E-state index in [1.165, 1.54) is 29.5 Å². The zero-order valence-electron chi connectivity index (χ0n) is 12.4. The zero-order valence-corrected chi connectivity index (χ0v) is 13.3. The van der Waals surface area contributed by atoms with Crippen LogP contribution in [0.2, 0.25) is 0 Å². The van der Waals surface area contributed by atoms with Gasteiger partial charge in [-0.3, -0.25) is 5.32 Å². The van der Waals surface area contributed by atoms with Crippen molar-refractivity contribution < 1.29 is 18.0 Å². The number of rotatable bonds is 2. The van der Waals surface area contributed by atoms with Crippen LogP contribution >= 0.6 is 11.3 Å². The maximum absolute atomic E-state index is 12.9. The van der Waals surface area contributed by atoms with Crippen LogP contribution in [0.25, 0.3) is 10.2 Å². The highest BCUT2D eigenvalue weighted by molar-refractivity contribution is 7.22. The molecule has 2 aromatic carbocycles. The fourth-order valence-electron chi connectivity index (χ4n) is 2.23. The highest BCUT2D eigenvalue weighted by Crippen LogP contribution is 2.34. The lowest BCUT2D eigenvalue weighted by Crippen LogP contribution is -2.21. The van der Waals surface area contributed by atoms with Gasteiger partial charge < -0.3 is 5.32 Å². The second-order valence-electron chi connectivity index (χ2n) is 5.06. The number of amides is 2. The standard InChI is InChI=1S/C16H12F3N3OS/c1-9-5-4-8-12-13(9)21-15(24-12)22-14(23)20-11-7-3-2-6-10(11)16(17,18)19/h2-8H,1H3,(H2,20,21,22,23). The SMILES string of the molecule is Cc1cccc2sc(NC(=O)Nc3ccccc3C(F)(F)F)nc12. The van der Waals surface area contributed by atoms with Crippen molar-refractivity contribution in [3.05, 3.63) is 53.6 Å². The van der Waals surface area contributed by atoms with Gasteiger partial charge in [-0.25, -0.2) is 9.78 Å². The van der Waals surface area contributed by atoms with E-state index >= 15 is 0 Å². The van der Waals surface area contributed by atoms with Crippen LogP contribution in [0.4, 0.5) is 28.8 Å². The van der Waals surface area contributed by atoms with E-state index in [4.69, 9.17) is 0 Å². The summed E-state index contributed by atoms with van der Waals surface area (Å²) >= 11 is 1.25. The summed E-state index contributed by atoms with van der Waals surface area (Å²) in [6, 6.07) is 9.66. The predicted octanol–water partition coefficient (Wildman–Crippen LogP) is 5.27. The van der Waals surface area contributed by atoms with Crippen molar-refractivity contribution >= 4 is 38.4 Å². The van der Waals surface area contributed by atoms with Gasteiger partial charge >= 0.3 is 12.2 Å². The number of hydrogen-bond acceptors (Lipinski definition) is 3. The second kappa shape index (κ2) is 6.12. The number of fused-ring (bicyclic) bond motifs is 1. The lowest BCUT2D eigenvalue weighted by Gasteiger charge is -2.13. The van der Waals surface area contributed by atoms with E-state index < -0.39 is 17.8 Å². The Morgan fingerprint density at radius 1 is 1.08 bits per heavy atom. The molecule has 1 heterocycles. The topological polar surface area (TPSA) is 54.0 Å². The van der Waals surface area contributed by atoms with Crippen LogP contribution in [-0.4, -0.2) is 11.0 Å². The molecule has 0 aliphatic carbocycles. The van der Waals surface area contributed by atoms with Crippen molar-refractivity contribution in [1.29, 1.82) is 0 Å². The largest absolute Gasteiger partial charge is 0.418 e. The highest BCUT2D eigenvalue weighted by atomic mass is 32.1. The number of aryl methyl sites for hydroxylation is 1. The first-order chi connectivity index (χ1) is 11.3. The maximum atomic E-state index is 12.9. The molecule has 0 aliphatic heterocycles. The first kappa shape index (κ1) is 16.3. The molecule has 0 saturated carbocycles. The van der Waals surface area contributed by atoms with Gasteiger partial charge in [-0.1, -0.05) is 35.6 Å². The molecule has 0 bridgehead atoms. The van der Waals surface area contributed by atoms with Crippen LogP contribution < -0.4 is 10.6 Å². The molecule has 0 saturated heterocycles. The molecule has 0 aliphatic rings. The number of benzene rings is 2. The molecule has 8 heteroatoms. The van der Waals surface area contributed by atoms with Gasteiger partial charge in [0.05, 0.1) is 21.5 Å². The monoisotopic (exact) mass is 351 g/mol. The average Bonchev–Trinajstić information content (AvgIpc) is 2.90. The molecule has 0 radical (unpaired) electrons. The number of carbonyl (C=O) groups is 1. The Labute approximate surface area is 139 Å². The van der Waals surface area contributed by atoms with Crippen LogP contribution in [0.1, 0.15) is 11.1 Å². The second-order valence-corrected chi connectivity index (χ2v) is 6.09. The smallest absolute Gasteiger partial charge is 0.307 e. The third-order valence-corrected chi connectivity index (χ3v) is 4.26. The molecule has 0 unspecified atom stereocenters. The third kappa shape index (κ3) is 3.33. The number of thiazole rings is 1. The number of para-hydroxylation sites is 2. The van der Waals surface area contributed by atoms with Crippen LogP contribution in [0.5, 0.6) is 0 Å². The van der Waals surface area contributed by atoms with Gasteiger partial charge in [0.1, 0.15) is 0 Å². The highest BCUT2D eigenvalue weighted by Gasteiger charge is 2.33. The number of anilines is 2. The van der Waals surface area contributed by atoms with Crippen LogP contribution in [-0.2, 0) is 6.18 Å². The lowest BCUT2D eigenvalue weighted by atomic mass is 10.1. The fraction of sp³-hybridized carbons (Fsp3) is 0.125. The number of aromatic nitrogens is 1. The molecule has 24 heavy (non-hydrogen) atoms. The van der Waals surface area contributed by atoms with E-state index in [0.717, 1.165) is 21.8 Å². The minimum atomic E-state index is -4.54. The Bertz CT molecular complexity index is 905.